The summed E-state index contributed by atoms with van der Waals surface area (Å²) in [7, 11) is 0. The molecule has 0 fully saturated rings. The van der Waals surface area contributed by atoms with Crippen molar-refractivity contribution in [3.05, 3.63) is 40.8 Å². The monoisotopic (exact) mass is 266 g/mol. The number of halogens is 1. The van der Waals surface area contributed by atoms with E-state index < -0.39 is 0 Å². The summed E-state index contributed by atoms with van der Waals surface area (Å²) in [5.74, 6) is 1.24. The molecule has 0 saturated heterocycles. The first-order valence-corrected chi connectivity index (χ1v) is 6.34. The third-order valence-corrected chi connectivity index (χ3v) is 3.15. The number of aryl methyl sites for hydroxylation is 1. The summed E-state index contributed by atoms with van der Waals surface area (Å²) >= 11 is 7.23. The van der Waals surface area contributed by atoms with Gasteiger partial charge in [-0.15, -0.1) is 0 Å². The molecular formula is C11H11ClN4S. The van der Waals surface area contributed by atoms with Gasteiger partial charge in [-0.05, 0) is 18.6 Å². The molecule has 0 spiro atoms. The number of aromatic nitrogens is 3. The van der Waals surface area contributed by atoms with Gasteiger partial charge in [-0.25, -0.2) is 15.0 Å². The Bertz CT molecular complexity index is 495. The standard InChI is InChI=1S/C11H11ClN4S/c1-7-4-10(13)16-11(15-7)17-6-8-2-3-9(12)14-5-8/h2-5H,6H2,1H3,(H2,13,15,16). The minimum atomic E-state index is 0.495. The Labute approximate surface area is 109 Å². The molecule has 4 nitrogen and oxygen atoms in total. The Morgan fingerprint density at radius 2 is 2.18 bits per heavy atom. The summed E-state index contributed by atoms with van der Waals surface area (Å²) in [6.45, 7) is 1.89. The van der Waals surface area contributed by atoms with Gasteiger partial charge in [0.15, 0.2) is 5.16 Å². The summed E-state index contributed by atoms with van der Waals surface area (Å²) in [6, 6.07) is 5.44. The molecule has 0 aliphatic rings. The highest BCUT2D eigenvalue weighted by atomic mass is 35.5. The minimum Gasteiger partial charge on any atom is -0.384 e. The first-order chi connectivity index (χ1) is 8.13. The van der Waals surface area contributed by atoms with E-state index >= 15 is 0 Å². The molecule has 6 heteroatoms. The largest absolute Gasteiger partial charge is 0.384 e. The van der Waals surface area contributed by atoms with Crippen LogP contribution in [0.4, 0.5) is 5.82 Å². The van der Waals surface area contributed by atoms with Crippen molar-refractivity contribution in [3.8, 4) is 0 Å². The van der Waals surface area contributed by atoms with Gasteiger partial charge in [-0.2, -0.15) is 0 Å². The average molecular weight is 267 g/mol. The van der Waals surface area contributed by atoms with Crippen LogP contribution in [0.1, 0.15) is 11.3 Å². The molecule has 17 heavy (non-hydrogen) atoms. The highest BCUT2D eigenvalue weighted by molar-refractivity contribution is 7.98. The predicted octanol–water partition coefficient (Wildman–Crippen LogP) is 2.71. The van der Waals surface area contributed by atoms with Crippen LogP contribution in [0.15, 0.2) is 29.6 Å². The van der Waals surface area contributed by atoms with Crippen molar-refractivity contribution < 1.29 is 0 Å². The van der Waals surface area contributed by atoms with Gasteiger partial charge in [-0.3, -0.25) is 0 Å². The summed E-state index contributed by atoms with van der Waals surface area (Å²) in [5, 5.41) is 1.17. The quantitative estimate of drug-likeness (QED) is 0.526. The number of nitrogens with zero attached hydrogens (tertiary/aromatic N) is 3. The first-order valence-electron chi connectivity index (χ1n) is 4.98. The van der Waals surface area contributed by atoms with E-state index in [-0.39, 0.29) is 0 Å². The number of nitrogen functional groups attached to an aromatic ring is 1. The van der Waals surface area contributed by atoms with Crippen molar-refractivity contribution >= 4 is 29.2 Å². The lowest BCUT2D eigenvalue weighted by atomic mass is 10.3. The maximum atomic E-state index is 5.71. The van der Waals surface area contributed by atoms with Crippen molar-refractivity contribution in [2.75, 3.05) is 5.73 Å². The van der Waals surface area contributed by atoms with Gasteiger partial charge < -0.3 is 5.73 Å². The summed E-state index contributed by atoms with van der Waals surface area (Å²) in [6.07, 6.45) is 1.74. The fourth-order valence-electron chi connectivity index (χ4n) is 1.27. The van der Waals surface area contributed by atoms with Crippen LogP contribution in [-0.4, -0.2) is 15.0 Å². The SMILES string of the molecule is Cc1cc(N)nc(SCc2ccc(Cl)nc2)n1. The van der Waals surface area contributed by atoms with Gasteiger partial charge in [0.1, 0.15) is 11.0 Å². The van der Waals surface area contributed by atoms with Crippen LogP contribution in [0, 0.1) is 6.92 Å². The van der Waals surface area contributed by atoms with E-state index in [9.17, 15) is 0 Å². The lowest BCUT2D eigenvalue weighted by molar-refractivity contribution is 0.940. The zero-order valence-electron chi connectivity index (χ0n) is 9.22. The molecule has 0 saturated carbocycles. The van der Waals surface area contributed by atoms with E-state index in [1.807, 2.05) is 13.0 Å². The molecule has 2 rings (SSSR count). The second kappa shape index (κ2) is 5.33. The summed E-state index contributed by atoms with van der Waals surface area (Å²) < 4.78 is 0. The highest BCUT2D eigenvalue weighted by Crippen LogP contribution is 2.20. The van der Waals surface area contributed by atoms with Gasteiger partial charge in [0.25, 0.3) is 0 Å². The summed E-state index contributed by atoms with van der Waals surface area (Å²) in [5.41, 5.74) is 7.60. The first kappa shape index (κ1) is 12.1. The Morgan fingerprint density at radius 3 is 2.82 bits per heavy atom. The fraction of sp³-hybridized carbons (Fsp3) is 0.182. The zero-order valence-corrected chi connectivity index (χ0v) is 10.8. The molecule has 2 heterocycles. The molecule has 2 N–H and O–H groups in total. The number of anilines is 1. The van der Waals surface area contributed by atoms with Crippen molar-refractivity contribution in [3.63, 3.8) is 0 Å². The van der Waals surface area contributed by atoms with Crippen molar-refractivity contribution in [2.24, 2.45) is 0 Å². The average Bonchev–Trinajstić information content (AvgIpc) is 2.27. The maximum Gasteiger partial charge on any atom is 0.190 e. The van der Waals surface area contributed by atoms with E-state index in [0.717, 1.165) is 17.0 Å². The van der Waals surface area contributed by atoms with E-state index in [4.69, 9.17) is 17.3 Å². The lowest BCUT2D eigenvalue weighted by Crippen LogP contribution is -1.96. The number of nitrogens with two attached hydrogens (primary N) is 1. The van der Waals surface area contributed by atoms with Crippen LogP contribution in [0.3, 0.4) is 0 Å². The maximum absolute atomic E-state index is 5.71. The normalized spacial score (nSPS) is 10.5. The van der Waals surface area contributed by atoms with E-state index in [1.54, 1.807) is 18.3 Å². The van der Waals surface area contributed by atoms with Crippen LogP contribution < -0.4 is 5.73 Å². The minimum absolute atomic E-state index is 0.495. The summed E-state index contributed by atoms with van der Waals surface area (Å²) in [4.78, 5) is 12.5. The van der Waals surface area contributed by atoms with Crippen LogP contribution in [0.25, 0.3) is 0 Å². The van der Waals surface area contributed by atoms with Crippen molar-refractivity contribution in [2.45, 2.75) is 17.8 Å². The predicted molar refractivity (Wildman–Crippen MR) is 70.0 cm³/mol. The number of hydrogen-bond donors (Lipinski definition) is 1. The molecule has 2 aromatic heterocycles. The topological polar surface area (TPSA) is 64.7 Å². The van der Waals surface area contributed by atoms with Gasteiger partial charge in [0.05, 0.1) is 0 Å². The molecule has 2 aromatic rings. The molecule has 0 bridgehead atoms. The van der Waals surface area contributed by atoms with Crippen molar-refractivity contribution in [1.82, 2.24) is 15.0 Å². The Balaban J connectivity index is 2.04. The smallest absolute Gasteiger partial charge is 0.190 e. The van der Waals surface area contributed by atoms with Gasteiger partial charge in [-0.1, -0.05) is 29.4 Å². The molecule has 88 valence electrons. The van der Waals surface area contributed by atoms with Gasteiger partial charge in [0, 0.05) is 23.7 Å². The van der Waals surface area contributed by atoms with E-state index in [2.05, 4.69) is 15.0 Å². The van der Waals surface area contributed by atoms with Crippen LogP contribution in [0.2, 0.25) is 5.15 Å². The lowest BCUT2D eigenvalue weighted by Gasteiger charge is -2.02. The molecule has 0 aromatic carbocycles. The Kier molecular flexibility index (Phi) is 3.81. The Hall–Kier alpha value is -1.33. The number of pyridine rings is 1. The van der Waals surface area contributed by atoms with Gasteiger partial charge >= 0.3 is 0 Å². The number of rotatable bonds is 3. The van der Waals surface area contributed by atoms with Crippen LogP contribution in [0.5, 0.6) is 0 Å². The number of hydrogen-bond acceptors (Lipinski definition) is 5. The Morgan fingerprint density at radius 1 is 1.35 bits per heavy atom. The molecular weight excluding hydrogens is 256 g/mol. The van der Waals surface area contributed by atoms with E-state index in [1.165, 1.54) is 11.8 Å². The third-order valence-electron chi connectivity index (χ3n) is 2.01. The second-order valence-electron chi connectivity index (χ2n) is 3.49. The van der Waals surface area contributed by atoms with Crippen LogP contribution >= 0.6 is 23.4 Å². The number of thioether (sulfide) groups is 1. The molecule has 0 aliphatic heterocycles. The molecule has 0 amide bonds. The van der Waals surface area contributed by atoms with Crippen molar-refractivity contribution in [1.29, 1.82) is 0 Å². The second-order valence-corrected chi connectivity index (χ2v) is 4.82. The highest BCUT2D eigenvalue weighted by Gasteiger charge is 2.02. The third kappa shape index (κ3) is 3.57. The van der Waals surface area contributed by atoms with Gasteiger partial charge in [0.2, 0.25) is 0 Å². The molecule has 0 unspecified atom stereocenters. The zero-order chi connectivity index (χ0) is 12.3. The molecule has 0 aliphatic carbocycles. The molecule has 0 radical (unpaired) electrons. The fourth-order valence-corrected chi connectivity index (χ4v) is 2.23. The van der Waals surface area contributed by atoms with E-state index in [0.29, 0.717) is 16.1 Å². The van der Waals surface area contributed by atoms with Crippen LogP contribution in [-0.2, 0) is 5.75 Å². The molecule has 0 atom stereocenters.